The number of halogens is 1. The van der Waals surface area contributed by atoms with Crippen LogP contribution in [0.3, 0.4) is 0 Å². The van der Waals surface area contributed by atoms with Gasteiger partial charge in [0.15, 0.2) is 11.6 Å². The fourth-order valence-electron chi connectivity index (χ4n) is 5.14. The maximum atomic E-state index is 14.6. The van der Waals surface area contributed by atoms with Crippen LogP contribution >= 0.6 is 0 Å². The fourth-order valence-corrected chi connectivity index (χ4v) is 5.14. The molecule has 2 aliphatic carbocycles. The van der Waals surface area contributed by atoms with E-state index >= 15 is 0 Å². The van der Waals surface area contributed by atoms with E-state index in [1.54, 1.807) is 12.1 Å². The van der Waals surface area contributed by atoms with Crippen LogP contribution in [0, 0.1) is 29.0 Å². The Morgan fingerprint density at radius 3 is 2.76 bits per heavy atom. The molecule has 0 aromatic heterocycles. The van der Waals surface area contributed by atoms with Gasteiger partial charge in [0.05, 0.1) is 11.6 Å². The van der Waals surface area contributed by atoms with Crippen LogP contribution in [-0.2, 0) is 6.42 Å². The van der Waals surface area contributed by atoms with E-state index in [2.05, 4.69) is 18.2 Å². The third kappa shape index (κ3) is 4.62. The molecule has 4 heteroatoms. The van der Waals surface area contributed by atoms with Crippen molar-refractivity contribution in [1.29, 1.82) is 5.26 Å². The minimum Gasteiger partial charge on any atom is -0.482 e. The number of hydrogen-bond donors (Lipinski definition) is 1. The highest BCUT2D eigenvalue weighted by Gasteiger charge is 2.34. The second-order valence-electron chi connectivity index (χ2n) is 8.67. The molecule has 29 heavy (non-hydrogen) atoms. The Hall–Kier alpha value is -2.38. The molecule has 2 aromatic carbocycles. The van der Waals surface area contributed by atoms with Gasteiger partial charge < -0.3 is 10.5 Å². The Bertz CT molecular complexity index is 891. The van der Waals surface area contributed by atoms with Gasteiger partial charge in [-0.25, -0.2) is 4.39 Å². The number of nitrogens with zero attached hydrogens (tertiary/aromatic N) is 1. The summed E-state index contributed by atoms with van der Waals surface area (Å²) in [6.07, 6.45) is 8.90. The summed E-state index contributed by atoms with van der Waals surface area (Å²) in [6.45, 7) is 0. The molecule has 1 saturated carbocycles. The first-order valence-corrected chi connectivity index (χ1v) is 10.8. The molecule has 0 spiro atoms. The summed E-state index contributed by atoms with van der Waals surface area (Å²) in [5.74, 6) is 0.713. The predicted molar refractivity (Wildman–Crippen MR) is 112 cm³/mol. The molecule has 0 heterocycles. The molecular formula is C25H29FN2O. The second kappa shape index (κ2) is 8.97. The van der Waals surface area contributed by atoms with Crippen LogP contribution in [0.2, 0.25) is 0 Å². The van der Waals surface area contributed by atoms with E-state index in [1.807, 2.05) is 12.1 Å². The maximum absolute atomic E-state index is 14.6. The SMILES string of the molecule is N#Cc1ccc(O[C@H]2c3ccccc3CCC2C[C@H]2CCCC[C@@H](N)C2)c(F)c1. The molecule has 2 N–H and O–H groups in total. The first kappa shape index (κ1) is 19.9. The molecule has 0 amide bonds. The molecular weight excluding hydrogens is 363 g/mol. The molecule has 4 rings (SSSR count). The molecule has 2 aliphatic rings. The molecule has 0 bridgehead atoms. The van der Waals surface area contributed by atoms with Crippen molar-refractivity contribution in [1.82, 2.24) is 0 Å². The smallest absolute Gasteiger partial charge is 0.166 e. The normalized spacial score (nSPS) is 26.8. The number of nitriles is 1. The maximum Gasteiger partial charge on any atom is 0.166 e. The van der Waals surface area contributed by atoms with Crippen molar-refractivity contribution in [3.8, 4) is 11.8 Å². The van der Waals surface area contributed by atoms with Gasteiger partial charge in [-0.15, -0.1) is 0 Å². The van der Waals surface area contributed by atoms with E-state index < -0.39 is 5.82 Å². The van der Waals surface area contributed by atoms with Gasteiger partial charge in [-0.3, -0.25) is 0 Å². The van der Waals surface area contributed by atoms with Crippen molar-refractivity contribution in [2.45, 2.75) is 63.5 Å². The van der Waals surface area contributed by atoms with Gasteiger partial charge >= 0.3 is 0 Å². The van der Waals surface area contributed by atoms with Crippen LogP contribution in [0.5, 0.6) is 5.75 Å². The highest BCUT2D eigenvalue weighted by Crippen LogP contribution is 2.43. The highest BCUT2D eigenvalue weighted by molar-refractivity contribution is 5.38. The van der Waals surface area contributed by atoms with Crippen LogP contribution < -0.4 is 10.5 Å². The van der Waals surface area contributed by atoms with Crippen LogP contribution in [0.25, 0.3) is 0 Å². The van der Waals surface area contributed by atoms with Gasteiger partial charge in [-0.05, 0) is 67.3 Å². The fraction of sp³-hybridized carbons (Fsp3) is 0.480. The highest BCUT2D eigenvalue weighted by atomic mass is 19.1. The first-order valence-electron chi connectivity index (χ1n) is 10.8. The lowest BCUT2D eigenvalue weighted by Gasteiger charge is -2.36. The van der Waals surface area contributed by atoms with Crippen molar-refractivity contribution < 1.29 is 9.13 Å². The standard InChI is InChI=1S/C25H29FN2O/c26-23-15-18(16-27)9-12-24(23)29-25-20(11-10-19-6-2-4-8-22(19)25)13-17-5-1-3-7-21(28)14-17/h2,4,6,8-9,12,15,17,20-21,25H,1,3,5,7,10-11,13-14,28H2/t17-,20?,21-,25-/m1/s1. The van der Waals surface area contributed by atoms with Crippen molar-refractivity contribution in [2.75, 3.05) is 0 Å². The Morgan fingerprint density at radius 1 is 1.10 bits per heavy atom. The third-order valence-corrected chi connectivity index (χ3v) is 6.60. The first-order chi connectivity index (χ1) is 14.1. The van der Waals surface area contributed by atoms with E-state index in [0.29, 0.717) is 23.4 Å². The van der Waals surface area contributed by atoms with E-state index in [1.165, 1.54) is 36.5 Å². The lowest BCUT2D eigenvalue weighted by molar-refractivity contribution is 0.0936. The van der Waals surface area contributed by atoms with Crippen molar-refractivity contribution >= 4 is 0 Å². The average molecular weight is 393 g/mol. The quantitative estimate of drug-likeness (QED) is 0.681. The summed E-state index contributed by atoms with van der Waals surface area (Å²) in [5.41, 5.74) is 9.08. The van der Waals surface area contributed by atoms with Gasteiger partial charge in [-0.2, -0.15) is 5.26 Å². The Kier molecular flexibility index (Phi) is 6.16. The van der Waals surface area contributed by atoms with Crippen LogP contribution in [-0.4, -0.2) is 6.04 Å². The molecule has 3 nitrogen and oxygen atoms in total. The number of aryl methyl sites for hydroxylation is 1. The van der Waals surface area contributed by atoms with Crippen molar-refractivity contribution in [2.24, 2.45) is 17.6 Å². The monoisotopic (exact) mass is 392 g/mol. The number of fused-ring (bicyclic) bond motifs is 1. The molecule has 0 aliphatic heterocycles. The zero-order valence-electron chi connectivity index (χ0n) is 16.8. The average Bonchev–Trinajstić information content (AvgIpc) is 2.94. The number of rotatable bonds is 4. The summed E-state index contributed by atoms with van der Waals surface area (Å²) in [6, 6.07) is 15.1. The molecule has 2 aromatic rings. The van der Waals surface area contributed by atoms with Crippen LogP contribution in [0.15, 0.2) is 42.5 Å². The Balaban J connectivity index is 1.59. The summed E-state index contributed by atoms with van der Waals surface area (Å²) >= 11 is 0. The topological polar surface area (TPSA) is 59.0 Å². The van der Waals surface area contributed by atoms with Gasteiger partial charge in [0.1, 0.15) is 6.10 Å². The lowest BCUT2D eigenvalue weighted by atomic mass is 9.75. The Labute approximate surface area is 172 Å². The van der Waals surface area contributed by atoms with Crippen molar-refractivity contribution in [3.63, 3.8) is 0 Å². The number of nitrogens with two attached hydrogens (primary N) is 1. The molecule has 4 atom stereocenters. The number of hydrogen-bond acceptors (Lipinski definition) is 3. The summed E-state index contributed by atoms with van der Waals surface area (Å²) in [5, 5.41) is 9.01. The van der Waals surface area contributed by atoms with Crippen LogP contribution in [0.4, 0.5) is 4.39 Å². The van der Waals surface area contributed by atoms with Gasteiger partial charge in [-0.1, -0.05) is 43.5 Å². The molecule has 0 saturated heterocycles. The molecule has 0 radical (unpaired) electrons. The van der Waals surface area contributed by atoms with Gasteiger partial charge in [0.25, 0.3) is 0 Å². The predicted octanol–water partition coefficient (Wildman–Crippen LogP) is 5.68. The number of benzene rings is 2. The third-order valence-electron chi connectivity index (χ3n) is 6.60. The molecule has 1 unspecified atom stereocenters. The largest absolute Gasteiger partial charge is 0.482 e. The summed E-state index contributed by atoms with van der Waals surface area (Å²) < 4.78 is 20.9. The van der Waals surface area contributed by atoms with E-state index in [-0.39, 0.29) is 11.9 Å². The molecule has 1 fully saturated rings. The lowest BCUT2D eigenvalue weighted by Crippen LogP contribution is -2.29. The van der Waals surface area contributed by atoms with E-state index in [9.17, 15) is 4.39 Å². The zero-order chi connectivity index (χ0) is 20.2. The second-order valence-corrected chi connectivity index (χ2v) is 8.67. The van der Waals surface area contributed by atoms with E-state index in [4.69, 9.17) is 15.7 Å². The molecule has 152 valence electrons. The Morgan fingerprint density at radius 2 is 1.93 bits per heavy atom. The number of ether oxygens (including phenoxy) is 1. The minimum absolute atomic E-state index is 0.165. The minimum atomic E-state index is -0.470. The van der Waals surface area contributed by atoms with Crippen LogP contribution in [0.1, 0.15) is 67.7 Å². The summed E-state index contributed by atoms with van der Waals surface area (Å²) in [4.78, 5) is 0. The summed E-state index contributed by atoms with van der Waals surface area (Å²) in [7, 11) is 0. The zero-order valence-corrected chi connectivity index (χ0v) is 16.8. The van der Waals surface area contributed by atoms with Crippen molar-refractivity contribution in [3.05, 3.63) is 65.0 Å². The van der Waals surface area contributed by atoms with E-state index in [0.717, 1.165) is 32.1 Å². The van der Waals surface area contributed by atoms with Gasteiger partial charge in [0.2, 0.25) is 0 Å². The van der Waals surface area contributed by atoms with Gasteiger partial charge in [0, 0.05) is 12.0 Å².